The largest absolute Gasteiger partial charge is 0.477 e. The molecule has 5 rings (SSSR count). The summed E-state index contributed by atoms with van der Waals surface area (Å²) in [6.45, 7) is -3.03. The first-order chi connectivity index (χ1) is 17.7. The van der Waals surface area contributed by atoms with Gasteiger partial charge in [0.15, 0.2) is 29.8 Å². The summed E-state index contributed by atoms with van der Waals surface area (Å²) in [4.78, 5) is 47.4. The van der Waals surface area contributed by atoms with E-state index in [1.165, 1.54) is 17.1 Å². The maximum atomic E-state index is 13.0. The van der Waals surface area contributed by atoms with Crippen molar-refractivity contribution in [3.05, 3.63) is 51.6 Å². The number of carbonyl (C=O) groups excluding carboxylic acids is 2. The molecule has 2 amide bonds. The van der Waals surface area contributed by atoms with Crippen molar-refractivity contribution in [2.45, 2.75) is 25.2 Å². The summed E-state index contributed by atoms with van der Waals surface area (Å²) in [5, 5.41) is 19.9. The molecule has 2 aliphatic rings. The van der Waals surface area contributed by atoms with Crippen LogP contribution < -0.4 is 15.6 Å². The molecule has 0 spiro atoms. The van der Waals surface area contributed by atoms with E-state index in [-0.39, 0.29) is 23.1 Å². The number of halogens is 2. The molecule has 37 heavy (non-hydrogen) atoms. The van der Waals surface area contributed by atoms with Gasteiger partial charge in [0.2, 0.25) is 0 Å². The normalized spacial score (nSPS) is 19.7. The molecule has 2 atom stereocenters. The molecule has 3 aromatic rings. The number of nitrogens with zero attached hydrogens (tertiary/aromatic N) is 4. The lowest BCUT2D eigenvalue weighted by atomic mass is 9.94. The molecule has 2 aliphatic heterocycles. The summed E-state index contributed by atoms with van der Waals surface area (Å²) < 4.78 is 28.0. The second-order valence-electron chi connectivity index (χ2n) is 7.85. The highest BCUT2D eigenvalue weighted by Gasteiger charge is 2.54. The van der Waals surface area contributed by atoms with E-state index in [4.69, 9.17) is 5.73 Å². The molecule has 1 fully saturated rings. The Morgan fingerprint density at radius 1 is 1.38 bits per heavy atom. The highest BCUT2D eigenvalue weighted by atomic mass is 32.2. The predicted octanol–water partition coefficient (Wildman–Crippen LogP) is 1.61. The number of nitrogens with one attached hydrogen (secondary N) is 1. The topological polar surface area (TPSA) is 151 Å². The first-order valence-electron chi connectivity index (χ1n) is 10.6. The van der Waals surface area contributed by atoms with Crippen LogP contribution in [0.5, 0.6) is 0 Å². The van der Waals surface area contributed by atoms with E-state index < -0.39 is 42.2 Å². The summed E-state index contributed by atoms with van der Waals surface area (Å²) in [6.07, 6.45) is 3.74. The Morgan fingerprint density at radius 3 is 2.89 bits per heavy atom. The molecule has 4 N–H and O–H groups in total. The second kappa shape index (κ2) is 10.0. The number of thioether (sulfide) groups is 1. The van der Waals surface area contributed by atoms with Gasteiger partial charge in [-0.15, -0.1) is 34.4 Å². The summed E-state index contributed by atoms with van der Waals surface area (Å²) in [6, 6.07) is 2.16. The third kappa shape index (κ3) is 4.86. The molecule has 0 aromatic carbocycles. The number of oxime groups is 1. The maximum absolute atomic E-state index is 13.0. The van der Waals surface area contributed by atoms with E-state index in [0.717, 1.165) is 26.3 Å². The Morgan fingerprint density at radius 2 is 2.19 bits per heavy atom. The van der Waals surface area contributed by atoms with Crippen molar-refractivity contribution >= 4 is 73.1 Å². The number of allylic oxidation sites excluding steroid dienone is 1. The quantitative estimate of drug-likeness (QED) is 0.161. The van der Waals surface area contributed by atoms with Crippen LogP contribution in [0.3, 0.4) is 0 Å². The number of fused-ring (bicyclic) bond motifs is 2. The van der Waals surface area contributed by atoms with Crippen molar-refractivity contribution in [2.24, 2.45) is 5.16 Å². The number of β-lactam (4-membered cyclic amide) rings is 1. The van der Waals surface area contributed by atoms with Crippen LogP contribution in [0.25, 0.3) is 10.1 Å². The number of alkyl halides is 2. The minimum absolute atomic E-state index is 0.0712. The predicted molar refractivity (Wildman–Crippen MR) is 132 cm³/mol. The number of rotatable bonds is 8. The summed E-state index contributed by atoms with van der Waals surface area (Å²) in [5.41, 5.74) is 4.72. The van der Waals surface area contributed by atoms with E-state index >= 15 is 0 Å². The van der Waals surface area contributed by atoms with Gasteiger partial charge in [0.25, 0.3) is 11.8 Å². The van der Waals surface area contributed by atoms with Gasteiger partial charge in [0, 0.05) is 21.9 Å². The molecule has 16 heteroatoms. The van der Waals surface area contributed by atoms with Gasteiger partial charge in [-0.2, -0.15) is 13.3 Å². The Labute approximate surface area is 219 Å². The zero-order valence-corrected chi connectivity index (χ0v) is 21.0. The van der Waals surface area contributed by atoms with Gasteiger partial charge in [-0.3, -0.25) is 14.5 Å². The highest BCUT2D eigenvalue weighted by molar-refractivity contribution is 8.03. The fraction of sp³-hybridized carbons (Fsp3) is 0.238. The van der Waals surface area contributed by atoms with Crippen molar-refractivity contribution in [2.75, 3.05) is 11.5 Å². The van der Waals surface area contributed by atoms with Crippen LogP contribution in [0.4, 0.5) is 13.9 Å². The number of hydrogen-bond donors (Lipinski definition) is 3. The second-order valence-corrected chi connectivity index (χ2v) is 10.8. The van der Waals surface area contributed by atoms with E-state index in [2.05, 4.69) is 20.3 Å². The van der Waals surface area contributed by atoms with E-state index in [1.807, 2.05) is 34.5 Å². The van der Waals surface area contributed by atoms with Crippen LogP contribution in [-0.4, -0.2) is 62.9 Å². The van der Waals surface area contributed by atoms with Crippen molar-refractivity contribution in [3.63, 3.8) is 0 Å². The first-order valence-corrected chi connectivity index (χ1v) is 13.3. The summed E-state index contributed by atoms with van der Waals surface area (Å²) >= 11 is 3.83. The lowest BCUT2D eigenvalue weighted by Crippen LogP contribution is -2.73. The number of carbonyl (C=O) groups is 3. The Hall–Kier alpha value is -3.63. The number of pyridine rings is 1. The van der Waals surface area contributed by atoms with Crippen LogP contribution in [-0.2, 0) is 25.8 Å². The van der Waals surface area contributed by atoms with Crippen LogP contribution in [0, 0.1) is 0 Å². The average Bonchev–Trinajstić information content (AvgIpc) is 3.50. The molecule has 11 nitrogen and oxygen atoms in total. The third-order valence-corrected chi connectivity index (χ3v) is 8.37. The highest BCUT2D eigenvalue weighted by Crippen LogP contribution is 2.39. The molecule has 5 heterocycles. The minimum Gasteiger partial charge on any atom is -0.477 e. The van der Waals surface area contributed by atoms with Gasteiger partial charge >= 0.3 is 12.6 Å². The zero-order chi connectivity index (χ0) is 26.3. The number of thiazole rings is 1. The monoisotopic (exact) mass is 567 g/mol. The molecule has 0 bridgehead atoms. The molecule has 3 aromatic heterocycles. The van der Waals surface area contributed by atoms with Gasteiger partial charge in [-0.1, -0.05) is 5.16 Å². The van der Waals surface area contributed by atoms with Gasteiger partial charge in [0.05, 0.1) is 16.3 Å². The Bertz CT molecular complexity index is 1470. The maximum Gasteiger partial charge on any atom is 0.407 e. The van der Waals surface area contributed by atoms with Gasteiger partial charge in [0.1, 0.15) is 17.4 Å². The summed E-state index contributed by atoms with van der Waals surface area (Å²) in [5.74, 6) is -2.58. The van der Waals surface area contributed by atoms with Gasteiger partial charge in [-0.25, -0.2) is 9.78 Å². The SMILES string of the molecule is Nc1nc(C(=NOC(F)F)C(=O)NC2C(=O)N3C(C(=O)O)=C(C[n+]4ccc5sccc5c4)SCC23)cs1. The molecule has 0 aliphatic carbocycles. The molecule has 2 unspecified atom stereocenters. The minimum atomic E-state index is -3.28. The number of anilines is 1. The van der Waals surface area contributed by atoms with Crippen molar-refractivity contribution in [1.29, 1.82) is 0 Å². The number of nitrogen functional groups attached to an aromatic ring is 1. The number of aromatic nitrogens is 2. The van der Waals surface area contributed by atoms with E-state index in [9.17, 15) is 28.3 Å². The fourth-order valence-corrected chi connectivity index (χ4v) is 6.59. The molecular weight excluding hydrogens is 550 g/mol. The van der Waals surface area contributed by atoms with Crippen LogP contribution >= 0.6 is 34.4 Å². The van der Waals surface area contributed by atoms with Crippen molar-refractivity contribution in [1.82, 2.24) is 15.2 Å². The number of aliphatic carboxylic acids is 1. The lowest BCUT2D eigenvalue weighted by Gasteiger charge is -2.49. The number of carboxylic acid groups (broad SMARTS) is 1. The van der Waals surface area contributed by atoms with Gasteiger partial charge < -0.3 is 21.0 Å². The zero-order valence-electron chi connectivity index (χ0n) is 18.5. The molecule has 1 saturated heterocycles. The van der Waals surface area contributed by atoms with Crippen molar-refractivity contribution in [3.8, 4) is 0 Å². The van der Waals surface area contributed by atoms with Gasteiger partial charge in [-0.05, 0) is 11.4 Å². The molecule has 0 saturated carbocycles. The van der Waals surface area contributed by atoms with Crippen LogP contribution in [0.15, 0.2) is 51.0 Å². The molecular formula is C21H17F2N6O5S3+. The fourth-order valence-electron chi connectivity index (χ4n) is 4.01. The number of nitrogens with two attached hydrogens (primary N) is 1. The number of carboxylic acids is 1. The standard InChI is InChI=1S/C21H16F2N6O5S3/c22-20(23)34-27-14(10-7-37-21(24)25-10)17(30)26-15-11-8-36-13(16(19(32)33)29(11)18(15)31)6-28-3-1-12-9(5-28)2-4-35-12/h1-5,7,11,15,20H,6,8H2,(H3-,24,25,26,30,32,33)/p+1. The Balaban J connectivity index is 1.35. The lowest BCUT2D eigenvalue weighted by molar-refractivity contribution is -0.686. The molecule has 192 valence electrons. The first kappa shape index (κ1) is 25.0. The van der Waals surface area contributed by atoms with E-state index in [0.29, 0.717) is 10.7 Å². The Kier molecular flexibility index (Phi) is 6.78. The van der Waals surface area contributed by atoms with E-state index in [1.54, 1.807) is 11.3 Å². The number of hydrogen-bond acceptors (Lipinski definition) is 10. The molecule has 0 radical (unpaired) electrons. The van der Waals surface area contributed by atoms with Crippen LogP contribution in [0.1, 0.15) is 5.69 Å². The average molecular weight is 568 g/mol. The summed E-state index contributed by atoms with van der Waals surface area (Å²) in [7, 11) is 0. The third-order valence-electron chi connectivity index (χ3n) is 5.62. The van der Waals surface area contributed by atoms with Crippen LogP contribution in [0.2, 0.25) is 0 Å². The number of thiophene rings is 1. The number of amides is 2. The smallest absolute Gasteiger partial charge is 0.407 e. The van der Waals surface area contributed by atoms with Crippen molar-refractivity contribution < 1.29 is 37.7 Å².